The maximum absolute atomic E-state index is 12.7. The molecule has 0 radical (unpaired) electrons. The maximum atomic E-state index is 12.7. The third-order valence-electron chi connectivity index (χ3n) is 6.57. The number of carbonyl (C=O) groups is 3. The first-order chi connectivity index (χ1) is 16.5. The van der Waals surface area contributed by atoms with E-state index in [0.717, 1.165) is 11.1 Å². The molecule has 1 saturated heterocycles. The van der Waals surface area contributed by atoms with Gasteiger partial charge in [0.2, 0.25) is 0 Å². The van der Waals surface area contributed by atoms with Gasteiger partial charge >= 0.3 is 12.1 Å². The zero-order valence-electron chi connectivity index (χ0n) is 19.2. The molecule has 1 aliphatic heterocycles. The Hall–Kier alpha value is -3.39. The van der Waals surface area contributed by atoms with Gasteiger partial charge in [-0.25, -0.2) is 4.79 Å². The Balaban J connectivity index is 1.28. The van der Waals surface area contributed by atoms with E-state index in [1.54, 1.807) is 7.05 Å². The SMILES string of the molecule is CN(CCCC(=O)O)C(=O)C1OCCC1CNC(=O)OCC1c2ccccc2-c2ccccc21. The molecular weight excluding hydrogens is 436 g/mol. The van der Waals surface area contributed by atoms with Crippen LogP contribution in [0.5, 0.6) is 0 Å². The van der Waals surface area contributed by atoms with E-state index in [0.29, 0.717) is 26.0 Å². The monoisotopic (exact) mass is 466 g/mol. The topological polar surface area (TPSA) is 105 Å². The Morgan fingerprint density at radius 3 is 2.38 bits per heavy atom. The molecule has 1 fully saturated rings. The van der Waals surface area contributed by atoms with Gasteiger partial charge in [-0.2, -0.15) is 0 Å². The van der Waals surface area contributed by atoms with Crippen molar-refractivity contribution >= 4 is 18.0 Å². The van der Waals surface area contributed by atoms with Crippen LogP contribution in [0.4, 0.5) is 4.79 Å². The van der Waals surface area contributed by atoms with Crippen LogP contribution in [0.1, 0.15) is 36.3 Å². The molecule has 34 heavy (non-hydrogen) atoms. The van der Waals surface area contributed by atoms with Crippen molar-refractivity contribution in [3.05, 3.63) is 59.7 Å². The van der Waals surface area contributed by atoms with Crippen molar-refractivity contribution in [2.75, 3.05) is 33.4 Å². The Morgan fingerprint density at radius 2 is 1.74 bits per heavy atom. The summed E-state index contributed by atoms with van der Waals surface area (Å²) >= 11 is 0. The van der Waals surface area contributed by atoms with Gasteiger partial charge in [-0.05, 0) is 35.1 Å². The first-order valence-electron chi connectivity index (χ1n) is 11.6. The van der Waals surface area contributed by atoms with Crippen LogP contribution in [0.3, 0.4) is 0 Å². The number of carbonyl (C=O) groups excluding carboxylic acids is 2. The quantitative estimate of drug-likeness (QED) is 0.588. The summed E-state index contributed by atoms with van der Waals surface area (Å²) in [7, 11) is 1.64. The minimum atomic E-state index is -0.886. The van der Waals surface area contributed by atoms with E-state index in [4.69, 9.17) is 14.6 Å². The van der Waals surface area contributed by atoms with Crippen molar-refractivity contribution in [2.24, 2.45) is 5.92 Å². The van der Waals surface area contributed by atoms with E-state index in [9.17, 15) is 14.4 Å². The second kappa shape index (κ2) is 10.7. The molecule has 180 valence electrons. The molecule has 2 N–H and O–H groups in total. The minimum absolute atomic E-state index is 0.00983. The van der Waals surface area contributed by atoms with E-state index in [1.165, 1.54) is 16.0 Å². The fraction of sp³-hybridized carbons (Fsp3) is 0.423. The van der Waals surface area contributed by atoms with Crippen LogP contribution in [0.25, 0.3) is 11.1 Å². The summed E-state index contributed by atoms with van der Waals surface area (Å²) in [6.45, 7) is 1.29. The number of rotatable bonds is 9. The summed E-state index contributed by atoms with van der Waals surface area (Å²) < 4.78 is 11.2. The fourth-order valence-electron chi connectivity index (χ4n) is 4.77. The third-order valence-corrected chi connectivity index (χ3v) is 6.57. The molecule has 4 rings (SSSR count). The molecule has 2 amide bonds. The van der Waals surface area contributed by atoms with Crippen LogP contribution in [0, 0.1) is 5.92 Å². The number of ether oxygens (including phenoxy) is 2. The molecule has 2 aliphatic rings. The average molecular weight is 467 g/mol. The second-order valence-corrected chi connectivity index (χ2v) is 8.80. The van der Waals surface area contributed by atoms with Crippen LogP contribution >= 0.6 is 0 Å². The zero-order valence-corrected chi connectivity index (χ0v) is 19.2. The summed E-state index contributed by atoms with van der Waals surface area (Å²) in [6, 6.07) is 16.3. The van der Waals surface area contributed by atoms with Crippen LogP contribution in [0.15, 0.2) is 48.5 Å². The highest BCUT2D eigenvalue weighted by Gasteiger charge is 2.36. The molecule has 0 aromatic heterocycles. The van der Waals surface area contributed by atoms with Crippen molar-refractivity contribution in [1.82, 2.24) is 10.2 Å². The number of hydrogen-bond donors (Lipinski definition) is 2. The van der Waals surface area contributed by atoms with E-state index in [-0.39, 0.29) is 37.3 Å². The Labute approximate surface area is 198 Å². The maximum Gasteiger partial charge on any atom is 0.407 e. The number of carboxylic acid groups (broad SMARTS) is 1. The smallest absolute Gasteiger partial charge is 0.407 e. The highest BCUT2D eigenvalue weighted by atomic mass is 16.5. The summed E-state index contributed by atoms with van der Waals surface area (Å²) in [6.07, 6.45) is -0.121. The van der Waals surface area contributed by atoms with Gasteiger partial charge in [-0.3, -0.25) is 9.59 Å². The second-order valence-electron chi connectivity index (χ2n) is 8.80. The Morgan fingerprint density at radius 1 is 1.09 bits per heavy atom. The highest BCUT2D eigenvalue weighted by molar-refractivity contribution is 5.81. The molecule has 2 aromatic rings. The third kappa shape index (κ3) is 5.22. The number of fused-ring (bicyclic) bond motifs is 3. The lowest BCUT2D eigenvalue weighted by molar-refractivity contribution is -0.142. The summed E-state index contributed by atoms with van der Waals surface area (Å²) in [4.78, 5) is 37.4. The van der Waals surface area contributed by atoms with E-state index < -0.39 is 18.2 Å². The molecule has 2 atom stereocenters. The van der Waals surface area contributed by atoms with Gasteiger partial charge in [0.15, 0.2) is 0 Å². The number of benzene rings is 2. The van der Waals surface area contributed by atoms with E-state index >= 15 is 0 Å². The minimum Gasteiger partial charge on any atom is -0.481 e. The van der Waals surface area contributed by atoms with Crippen LogP contribution in [0.2, 0.25) is 0 Å². The highest BCUT2D eigenvalue weighted by Crippen LogP contribution is 2.44. The summed E-state index contributed by atoms with van der Waals surface area (Å²) in [5, 5.41) is 11.6. The molecule has 0 saturated carbocycles. The van der Waals surface area contributed by atoms with Gasteiger partial charge in [0, 0.05) is 45.0 Å². The lowest BCUT2D eigenvalue weighted by Gasteiger charge is -2.24. The molecule has 2 aromatic carbocycles. The van der Waals surface area contributed by atoms with Gasteiger partial charge in [0.25, 0.3) is 5.91 Å². The van der Waals surface area contributed by atoms with Crippen LogP contribution < -0.4 is 5.32 Å². The molecule has 1 heterocycles. The standard InChI is InChI=1S/C26H30N2O6/c1-28(13-6-11-23(29)30)25(31)24-17(12-14-33-24)15-27-26(32)34-16-22-20-9-4-2-7-18(20)19-8-3-5-10-21(19)22/h2-5,7-10,17,22,24H,6,11-16H2,1H3,(H,27,32)(H,29,30). The number of likely N-dealkylation sites (N-methyl/N-ethyl adjacent to an activating group) is 1. The predicted molar refractivity (Wildman–Crippen MR) is 125 cm³/mol. The zero-order chi connectivity index (χ0) is 24.1. The number of nitrogens with one attached hydrogen (secondary N) is 1. The van der Waals surface area contributed by atoms with Crippen molar-refractivity contribution in [3.63, 3.8) is 0 Å². The van der Waals surface area contributed by atoms with Gasteiger partial charge in [0.1, 0.15) is 12.7 Å². The summed E-state index contributed by atoms with van der Waals surface area (Å²) in [5.41, 5.74) is 4.64. The normalized spacial score (nSPS) is 18.7. The van der Waals surface area contributed by atoms with Crippen LogP contribution in [-0.4, -0.2) is 67.4 Å². The van der Waals surface area contributed by atoms with Crippen LogP contribution in [-0.2, 0) is 19.1 Å². The van der Waals surface area contributed by atoms with Crippen molar-refractivity contribution in [1.29, 1.82) is 0 Å². The number of alkyl carbamates (subject to hydrolysis) is 1. The number of aliphatic carboxylic acids is 1. The largest absolute Gasteiger partial charge is 0.481 e. The predicted octanol–water partition coefficient (Wildman–Crippen LogP) is 3.25. The molecule has 1 aliphatic carbocycles. The van der Waals surface area contributed by atoms with Gasteiger partial charge in [-0.1, -0.05) is 48.5 Å². The molecule has 8 heteroatoms. The lowest BCUT2D eigenvalue weighted by atomic mass is 9.98. The van der Waals surface area contributed by atoms with Gasteiger partial charge in [-0.15, -0.1) is 0 Å². The number of nitrogens with zero attached hydrogens (tertiary/aromatic N) is 1. The number of carboxylic acids is 1. The van der Waals surface area contributed by atoms with Crippen molar-refractivity contribution in [3.8, 4) is 11.1 Å². The molecular formula is C26H30N2O6. The fourth-order valence-corrected chi connectivity index (χ4v) is 4.77. The van der Waals surface area contributed by atoms with Gasteiger partial charge in [0.05, 0.1) is 0 Å². The van der Waals surface area contributed by atoms with E-state index in [2.05, 4.69) is 29.6 Å². The number of amides is 2. The average Bonchev–Trinajstić information content (AvgIpc) is 3.43. The lowest BCUT2D eigenvalue weighted by Crippen LogP contribution is -2.43. The Bertz CT molecular complexity index is 1010. The summed E-state index contributed by atoms with van der Waals surface area (Å²) in [5.74, 6) is -1.25. The first-order valence-corrected chi connectivity index (χ1v) is 11.6. The Kier molecular flexibility index (Phi) is 7.47. The molecule has 2 unspecified atom stereocenters. The van der Waals surface area contributed by atoms with Crippen molar-refractivity contribution in [2.45, 2.75) is 31.3 Å². The molecule has 0 spiro atoms. The van der Waals surface area contributed by atoms with Crippen molar-refractivity contribution < 1.29 is 29.0 Å². The van der Waals surface area contributed by atoms with E-state index in [1.807, 2.05) is 24.3 Å². The molecule has 0 bridgehead atoms. The van der Waals surface area contributed by atoms with Gasteiger partial charge < -0.3 is 24.8 Å². The first kappa shape index (κ1) is 23.8. The molecule has 8 nitrogen and oxygen atoms in total. The number of hydrogen-bond acceptors (Lipinski definition) is 5.